The van der Waals surface area contributed by atoms with E-state index in [2.05, 4.69) is 37.0 Å². The fraction of sp³-hybridized carbons (Fsp3) is 0.267. The number of aromatic nitrogens is 1. The molecular weight excluding hydrogens is 194 g/mol. The highest BCUT2D eigenvalue weighted by Crippen LogP contribution is 2.22. The molecule has 2 rings (SSSR count). The topological polar surface area (TPSA) is 12.9 Å². The molecule has 0 radical (unpaired) electrons. The Morgan fingerprint density at radius 2 is 1.50 bits per heavy atom. The molecule has 0 N–H and O–H groups in total. The zero-order valence-electron chi connectivity index (χ0n) is 10.5. The average molecular weight is 213 g/mol. The molecule has 1 heterocycles. The molecule has 1 nitrogen and oxygen atoms in total. The standard InChI is InChI=1S/C13H13N.C2H6/c1-10-3-4-13(11(2)9-10)12-5-7-14-8-6-12;1-2/h3-9H,1-2H3;1-2H3. The number of nitrogens with zero attached hydrogens (tertiary/aromatic N) is 1. The van der Waals surface area contributed by atoms with Crippen LogP contribution in [-0.2, 0) is 0 Å². The van der Waals surface area contributed by atoms with Crippen LogP contribution in [0.25, 0.3) is 11.1 Å². The molecule has 0 fully saturated rings. The lowest BCUT2D eigenvalue weighted by molar-refractivity contribution is 1.32. The average Bonchev–Trinajstić information content (AvgIpc) is 2.33. The van der Waals surface area contributed by atoms with Crippen molar-refractivity contribution >= 4 is 0 Å². The summed E-state index contributed by atoms with van der Waals surface area (Å²) in [5, 5.41) is 0. The van der Waals surface area contributed by atoms with Crippen LogP contribution in [0, 0.1) is 13.8 Å². The molecule has 0 aliphatic carbocycles. The van der Waals surface area contributed by atoms with Gasteiger partial charge in [0.2, 0.25) is 0 Å². The lowest BCUT2D eigenvalue weighted by Gasteiger charge is -2.06. The van der Waals surface area contributed by atoms with Gasteiger partial charge >= 0.3 is 0 Å². The Balaban J connectivity index is 0.000000606. The van der Waals surface area contributed by atoms with Crippen LogP contribution in [0.1, 0.15) is 25.0 Å². The van der Waals surface area contributed by atoms with E-state index in [0.29, 0.717) is 0 Å². The molecule has 1 aromatic carbocycles. The van der Waals surface area contributed by atoms with Crippen LogP contribution in [0.5, 0.6) is 0 Å². The Morgan fingerprint density at radius 3 is 2.06 bits per heavy atom. The zero-order valence-corrected chi connectivity index (χ0v) is 10.5. The van der Waals surface area contributed by atoms with Crippen LogP contribution < -0.4 is 0 Å². The molecule has 0 saturated heterocycles. The van der Waals surface area contributed by atoms with Gasteiger partial charge in [-0.05, 0) is 42.7 Å². The van der Waals surface area contributed by atoms with E-state index in [1.165, 1.54) is 22.3 Å². The van der Waals surface area contributed by atoms with Crippen molar-refractivity contribution in [3.8, 4) is 11.1 Å². The van der Waals surface area contributed by atoms with Gasteiger partial charge in [-0.2, -0.15) is 0 Å². The van der Waals surface area contributed by atoms with E-state index >= 15 is 0 Å². The van der Waals surface area contributed by atoms with Crippen molar-refractivity contribution in [3.63, 3.8) is 0 Å². The van der Waals surface area contributed by atoms with Gasteiger partial charge in [-0.3, -0.25) is 4.98 Å². The minimum atomic E-state index is 1.23. The molecule has 0 atom stereocenters. The summed E-state index contributed by atoms with van der Waals surface area (Å²) in [6.45, 7) is 8.26. The molecule has 1 aromatic heterocycles. The maximum atomic E-state index is 4.02. The third-order valence-electron chi connectivity index (χ3n) is 2.37. The van der Waals surface area contributed by atoms with E-state index < -0.39 is 0 Å². The molecule has 84 valence electrons. The SMILES string of the molecule is CC.Cc1ccc(-c2ccncc2)c(C)c1. The molecule has 16 heavy (non-hydrogen) atoms. The maximum Gasteiger partial charge on any atom is 0.0273 e. The summed E-state index contributed by atoms with van der Waals surface area (Å²) in [7, 11) is 0. The smallest absolute Gasteiger partial charge is 0.0273 e. The summed E-state index contributed by atoms with van der Waals surface area (Å²) >= 11 is 0. The fourth-order valence-electron chi connectivity index (χ4n) is 1.67. The van der Waals surface area contributed by atoms with Gasteiger partial charge in [-0.25, -0.2) is 0 Å². The Hall–Kier alpha value is -1.63. The normalized spacial score (nSPS) is 9.25. The molecule has 0 aliphatic rings. The van der Waals surface area contributed by atoms with Crippen LogP contribution in [0.15, 0.2) is 42.7 Å². The first kappa shape index (κ1) is 12.4. The third-order valence-corrected chi connectivity index (χ3v) is 2.37. The fourth-order valence-corrected chi connectivity index (χ4v) is 1.67. The van der Waals surface area contributed by atoms with Crippen LogP contribution >= 0.6 is 0 Å². The minimum Gasteiger partial charge on any atom is -0.265 e. The molecule has 1 heteroatoms. The Kier molecular flexibility index (Phi) is 4.71. The maximum absolute atomic E-state index is 4.02. The quantitative estimate of drug-likeness (QED) is 0.684. The Labute approximate surface area is 98.2 Å². The minimum absolute atomic E-state index is 1.23. The molecule has 0 spiro atoms. The summed E-state index contributed by atoms with van der Waals surface area (Å²) < 4.78 is 0. The Morgan fingerprint density at radius 1 is 0.875 bits per heavy atom. The predicted octanol–water partition coefficient (Wildman–Crippen LogP) is 4.39. The van der Waals surface area contributed by atoms with Gasteiger partial charge in [0, 0.05) is 12.4 Å². The third kappa shape index (κ3) is 2.93. The number of hydrogen-bond donors (Lipinski definition) is 0. The van der Waals surface area contributed by atoms with Gasteiger partial charge in [-0.1, -0.05) is 37.6 Å². The first-order valence-corrected chi connectivity index (χ1v) is 5.75. The molecule has 0 bridgehead atoms. The van der Waals surface area contributed by atoms with Crippen molar-refractivity contribution in [2.24, 2.45) is 0 Å². The van der Waals surface area contributed by atoms with E-state index in [4.69, 9.17) is 0 Å². The second-order valence-electron chi connectivity index (χ2n) is 3.55. The van der Waals surface area contributed by atoms with Gasteiger partial charge in [0.1, 0.15) is 0 Å². The molecule has 0 amide bonds. The van der Waals surface area contributed by atoms with Gasteiger partial charge in [0.25, 0.3) is 0 Å². The van der Waals surface area contributed by atoms with Gasteiger partial charge in [-0.15, -0.1) is 0 Å². The summed E-state index contributed by atoms with van der Waals surface area (Å²) in [5.74, 6) is 0. The number of rotatable bonds is 1. The van der Waals surface area contributed by atoms with Gasteiger partial charge in [0.15, 0.2) is 0 Å². The van der Waals surface area contributed by atoms with Crippen LogP contribution in [0.4, 0.5) is 0 Å². The van der Waals surface area contributed by atoms with E-state index in [0.717, 1.165) is 0 Å². The Bertz CT molecular complexity index is 432. The number of aryl methyl sites for hydroxylation is 2. The molecule has 2 aromatic rings. The van der Waals surface area contributed by atoms with Crippen molar-refractivity contribution in [2.45, 2.75) is 27.7 Å². The highest BCUT2D eigenvalue weighted by molar-refractivity contribution is 5.66. The highest BCUT2D eigenvalue weighted by Gasteiger charge is 2.00. The monoisotopic (exact) mass is 213 g/mol. The lowest BCUT2D eigenvalue weighted by atomic mass is 10.00. The largest absolute Gasteiger partial charge is 0.265 e. The second-order valence-corrected chi connectivity index (χ2v) is 3.55. The summed E-state index contributed by atoms with van der Waals surface area (Å²) in [5.41, 5.74) is 5.15. The molecular formula is C15H19N. The molecule has 0 saturated carbocycles. The van der Waals surface area contributed by atoms with Crippen LogP contribution in [0.2, 0.25) is 0 Å². The number of pyridine rings is 1. The van der Waals surface area contributed by atoms with Gasteiger partial charge in [0.05, 0.1) is 0 Å². The van der Waals surface area contributed by atoms with Crippen molar-refractivity contribution in [3.05, 3.63) is 53.9 Å². The highest BCUT2D eigenvalue weighted by atomic mass is 14.6. The zero-order chi connectivity index (χ0) is 12.0. The van der Waals surface area contributed by atoms with Gasteiger partial charge < -0.3 is 0 Å². The van der Waals surface area contributed by atoms with E-state index in [1.54, 1.807) is 0 Å². The number of benzene rings is 1. The molecule has 0 aliphatic heterocycles. The van der Waals surface area contributed by atoms with Crippen molar-refractivity contribution in [1.29, 1.82) is 0 Å². The van der Waals surface area contributed by atoms with Crippen LogP contribution in [0.3, 0.4) is 0 Å². The summed E-state index contributed by atoms with van der Waals surface area (Å²) in [6, 6.07) is 10.6. The van der Waals surface area contributed by atoms with Crippen molar-refractivity contribution in [2.75, 3.05) is 0 Å². The molecule has 0 unspecified atom stereocenters. The van der Waals surface area contributed by atoms with Crippen LogP contribution in [-0.4, -0.2) is 4.98 Å². The summed E-state index contributed by atoms with van der Waals surface area (Å²) in [6.07, 6.45) is 3.66. The summed E-state index contributed by atoms with van der Waals surface area (Å²) in [4.78, 5) is 4.02. The van der Waals surface area contributed by atoms with E-state index in [9.17, 15) is 0 Å². The first-order chi connectivity index (χ1) is 7.77. The van der Waals surface area contributed by atoms with Crippen molar-refractivity contribution in [1.82, 2.24) is 4.98 Å². The predicted molar refractivity (Wildman–Crippen MR) is 70.5 cm³/mol. The lowest BCUT2D eigenvalue weighted by Crippen LogP contribution is -1.84. The first-order valence-electron chi connectivity index (χ1n) is 5.75. The van der Waals surface area contributed by atoms with E-state index in [1.807, 2.05) is 38.4 Å². The number of hydrogen-bond acceptors (Lipinski definition) is 1. The van der Waals surface area contributed by atoms with E-state index in [-0.39, 0.29) is 0 Å². The second kappa shape index (κ2) is 6.06. The van der Waals surface area contributed by atoms with Crippen molar-refractivity contribution < 1.29 is 0 Å².